The third-order valence-corrected chi connectivity index (χ3v) is 3.47. The van der Waals surface area contributed by atoms with Crippen molar-refractivity contribution in [3.8, 4) is 0 Å². The fourth-order valence-corrected chi connectivity index (χ4v) is 2.23. The molecule has 1 atom stereocenters. The summed E-state index contributed by atoms with van der Waals surface area (Å²) < 4.78 is 13.3. The molecule has 0 spiro atoms. The van der Waals surface area contributed by atoms with Crippen molar-refractivity contribution in [3.05, 3.63) is 35.1 Å². The predicted molar refractivity (Wildman–Crippen MR) is 68.3 cm³/mol. The van der Waals surface area contributed by atoms with Gasteiger partial charge in [0.15, 0.2) is 0 Å². The second-order valence-electron chi connectivity index (χ2n) is 5.00. The summed E-state index contributed by atoms with van der Waals surface area (Å²) >= 11 is 1.68. The third kappa shape index (κ3) is 4.54. The van der Waals surface area contributed by atoms with E-state index in [2.05, 4.69) is 20.8 Å². The number of rotatable bonds is 3. The zero-order chi connectivity index (χ0) is 12.3. The van der Waals surface area contributed by atoms with Crippen molar-refractivity contribution < 1.29 is 9.50 Å². The fourth-order valence-electron chi connectivity index (χ4n) is 1.38. The Bertz CT molecular complexity index is 337. The van der Waals surface area contributed by atoms with Gasteiger partial charge in [0.1, 0.15) is 5.82 Å². The number of halogens is 1. The maximum absolute atomic E-state index is 13.1. The normalized spacial score (nSPS) is 13.9. The first-order valence-electron chi connectivity index (χ1n) is 5.37. The van der Waals surface area contributed by atoms with Gasteiger partial charge in [0.25, 0.3) is 0 Å². The quantitative estimate of drug-likeness (QED) is 0.872. The van der Waals surface area contributed by atoms with Gasteiger partial charge in [-0.1, -0.05) is 26.8 Å². The molecule has 0 saturated carbocycles. The zero-order valence-corrected chi connectivity index (χ0v) is 11.1. The van der Waals surface area contributed by atoms with Crippen molar-refractivity contribution in [2.75, 3.05) is 5.75 Å². The van der Waals surface area contributed by atoms with Crippen molar-refractivity contribution >= 4 is 11.8 Å². The molecule has 0 aliphatic carbocycles. The van der Waals surface area contributed by atoms with E-state index in [1.807, 2.05) is 13.0 Å². The molecule has 1 aromatic rings. The van der Waals surface area contributed by atoms with E-state index in [4.69, 9.17) is 0 Å². The van der Waals surface area contributed by atoms with Gasteiger partial charge in [0, 0.05) is 10.5 Å². The Kier molecular flexibility index (Phi) is 4.39. The molecule has 16 heavy (non-hydrogen) atoms. The van der Waals surface area contributed by atoms with Crippen LogP contribution in [0.3, 0.4) is 0 Å². The number of thioether (sulfide) groups is 1. The van der Waals surface area contributed by atoms with Gasteiger partial charge in [-0.15, -0.1) is 0 Å². The molecule has 0 fully saturated rings. The Morgan fingerprint density at radius 2 is 1.94 bits per heavy atom. The lowest BCUT2D eigenvalue weighted by Gasteiger charge is -2.20. The first-order chi connectivity index (χ1) is 7.28. The number of aryl methyl sites for hydroxylation is 1. The number of hydrogen-bond acceptors (Lipinski definition) is 2. The highest BCUT2D eigenvalue weighted by Crippen LogP contribution is 2.28. The molecular weight excluding hydrogens is 223 g/mol. The Labute approximate surface area is 101 Å². The molecule has 0 aliphatic heterocycles. The van der Waals surface area contributed by atoms with Crippen LogP contribution < -0.4 is 0 Å². The molecule has 0 aromatic heterocycles. The largest absolute Gasteiger partial charge is 0.388 e. The van der Waals surface area contributed by atoms with Gasteiger partial charge in [-0.05, 0) is 30.2 Å². The van der Waals surface area contributed by atoms with Crippen molar-refractivity contribution in [2.24, 2.45) is 0 Å². The SMILES string of the molecule is Cc1cc(F)cc(C(O)CSC(C)(C)C)c1. The summed E-state index contributed by atoms with van der Waals surface area (Å²) in [5, 5.41) is 9.95. The van der Waals surface area contributed by atoms with Crippen LogP contribution in [0.2, 0.25) is 0 Å². The van der Waals surface area contributed by atoms with Crippen LogP contribution in [0.25, 0.3) is 0 Å². The molecule has 1 rings (SSSR count). The zero-order valence-electron chi connectivity index (χ0n) is 10.2. The standard InChI is InChI=1S/C13H19FOS/c1-9-5-10(7-11(14)6-9)12(15)8-16-13(2,3)4/h5-7,12,15H,8H2,1-4H3. The average Bonchev–Trinajstić information content (AvgIpc) is 2.11. The fraction of sp³-hybridized carbons (Fsp3) is 0.538. The second-order valence-corrected chi connectivity index (χ2v) is 6.85. The molecule has 0 aliphatic rings. The van der Waals surface area contributed by atoms with Crippen LogP contribution in [0.15, 0.2) is 18.2 Å². The first-order valence-corrected chi connectivity index (χ1v) is 6.35. The molecule has 1 aromatic carbocycles. The predicted octanol–water partition coefficient (Wildman–Crippen LogP) is 3.70. The highest BCUT2D eigenvalue weighted by molar-refractivity contribution is 8.00. The highest BCUT2D eigenvalue weighted by Gasteiger charge is 2.15. The van der Waals surface area contributed by atoms with Gasteiger partial charge in [0.05, 0.1) is 6.10 Å². The topological polar surface area (TPSA) is 20.2 Å². The minimum atomic E-state index is -0.598. The second kappa shape index (κ2) is 5.19. The molecule has 0 bridgehead atoms. The highest BCUT2D eigenvalue weighted by atomic mass is 32.2. The van der Waals surface area contributed by atoms with Crippen LogP contribution in [0, 0.1) is 12.7 Å². The summed E-state index contributed by atoms with van der Waals surface area (Å²) in [5.74, 6) is 0.307. The van der Waals surface area contributed by atoms with Crippen LogP contribution in [-0.2, 0) is 0 Å². The molecule has 1 nitrogen and oxygen atoms in total. The minimum Gasteiger partial charge on any atom is -0.388 e. The summed E-state index contributed by atoms with van der Waals surface area (Å²) in [6.07, 6.45) is -0.598. The van der Waals surface area contributed by atoms with Gasteiger partial charge in [0.2, 0.25) is 0 Å². The van der Waals surface area contributed by atoms with Gasteiger partial charge < -0.3 is 5.11 Å². The maximum Gasteiger partial charge on any atom is 0.123 e. The molecular formula is C13H19FOS. The van der Waals surface area contributed by atoms with Crippen LogP contribution >= 0.6 is 11.8 Å². The molecule has 90 valence electrons. The molecule has 1 N–H and O–H groups in total. The van der Waals surface area contributed by atoms with Crippen molar-refractivity contribution in [2.45, 2.75) is 38.5 Å². The Morgan fingerprint density at radius 1 is 1.31 bits per heavy atom. The smallest absolute Gasteiger partial charge is 0.123 e. The minimum absolute atomic E-state index is 0.114. The number of benzene rings is 1. The first kappa shape index (κ1) is 13.5. The van der Waals surface area contributed by atoms with E-state index >= 15 is 0 Å². The van der Waals surface area contributed by atoms with Gasteiger partial charge in [-0.2, -0.15) is 11.8 Å². The van der Waals surface area contributed by atoms with Crippen LogP contribution in [0.5, 0.6) is 0 Å². The van der Waals surface area contributed by atoms with Crippen molar-refractivity contribution in [1.82, 2.24) is 0 Å². The van der Waals surface area contributed by atoms with E-state index in [-0.39, 0.29) is 10.6 Å². The molecule has 0 saturated heterocycles. The Balaban J connectivity index is 2.69. The van der Waals surface area contributed by atoms with Crippen molar-refractivity contribution in [3.63, 3.8) is 0 Å². The summed E-state index contributed by atoms with van der Waals surface area (Å²) in [5.41, 5.74) is 1.50. The van der Waals surface area contributed by atoms with Gasteiger partial charge in [-0.25, -0.2) is 4.39 Å². The summed E-state index contributed by atoms with van der Waals surface area (Å²) in [4.78, 5) is 0. The lowest BCUT2D eigenvalue weighted by Crippen LogP contribution is -2.12. The van der Waals surface area contributed by atoms with E-state index in [0.29, 0.717) is 11.3 Å². The number of aliphatic hydroxyl groups is 1. The maximum atomic E-state index is 13.1. The van der Waals surface area contributed by atoms with Crippen LogP contribution in [-0.4, -0.2) is 15.6 Å². The van der Waals surface area contributed by atoms with E-state index in [9.17, 15) is 9.50 Å². The van der Waals surface area contributed by atoms with Gasteiger partial charge in [-0.3, -0.25) is 0 Å². The summed E-state index contributed by atoms with van der Waals surface area (Å²) in [6.45, 7) is 8.12. The Hall–Kier alpha value is -0.540. The summed E-state index contributed by atoms with van der Waals surface area (Å²) in [6, 6.07) is 4.70. The van der Waals surface area contributed by atoms with Gasteiger partial charge >= 0.3 is 0 Å². The Morgan fingerprint density at radius 3 is 2.44 bits per heavy atom. The van der Waals surface area contributed by atoms with Crippen LogP contribution in [0.1, 0.15) is 38.0 Å². The van der Waals surface area contributed by atoms with E-state index in [0.717, 1.165) is 5.56 Å². The van der Waals surface area contributed by atoms with Crippen LogP contribution in [0.4, 0.5) is 4.39 Å². The molecule has 0 heterocycles. The molecule has 0 amide bonds. The van der Waals surface area contributed by atoms with Crippen molar-refractivity contribution in [1.29, 1.82) is 0 Å². The lowest BCUT2D eigenvalue weighted by atomic mass is 10.1. The molecule has 1 unspecified atom stereocenters. The third-order valence-electron chi connectivity index (χ3n) is 2.12. The number of hydrogen-bond donors (Lipinski definition) is 1. The average molecular weight is 242 g/mol. The molecule has 3 heteroatoms. The molecule has 0 radical (unpaired) electrons. The number of aliphatic hydroxyl groups excluding tert-OH is 1. The van der Waals surface area contributed by atoms with E-state index in [1.165, 1.54) is 12.1 Å². The summed E-state index contributed by atoms with van der Waals surface area (Å²) in [7, 11) is 0. The monoisotopic (exact) mass is 242 g/mol. The van der Waals surface area contributed by atoms with E-state index in [1.54, 1.807) is 11.8 Å². The van der Waals surface area contributed by atoms with E-state index < -0.39 is 6.10 Å². The lowest BCUT2D eigenvalue weighted by molar-refractivity contribution is 0.203.